The molecular weight excluding hydrogens is 356 g/mol. The van der Waals surface area contributed by atoms with Crippen LogP contribution in [0.1, 0.15) is 17.2 Å². The van der Waals surface area contributed by atoms with E-state index in [9.17, 15) is 4.79 Å². The fourth-order valence-electron chi connectivity index (χ4n) is 3.22. The van der Waals surface area contributed by atoms with Crippen molar-refractivity contribution < 1.29 is 4.74 Å². The number of aromatic nitrogens is 4. The Labute approximate surface area is 161 Å². The second kappa shape index (κ2) is 7.58. The second-order valence-electron chi connectivity index (χ2n) is 6.48. The van der Waals surface area contributed by atoms with E-state index in [4.69, 9.17) is 10.00 Å². The largest absolute Gasteiger partial charge is 0.370 e. The van der Waals surface area contributed by atoms with E-state index in [1.807, 2.05) is 23.1 Å². The van der Waals surface area contributed by atoms with Gasteiger partial charge in [-0.25, -0.2) is 15.0 Å². The predicted octanol–water partition coefficient (Wildman–Crippen LogP) is 1.69. The molecule has 28 heavy (non-hydrogen) atoms. The van der Waals surface area contributed by atoms with Crippen molar-refractivity contribution in [2.24, 2.45) is 7.05 Å². The summed E-state index contributed by atoms with van der Waals surface area (Å²) in [6, 6.07) is 12.7. The van der Waals surface area contributed by atoms with Gasteiger partial charge in [0.2, 0.25) is 5.95 Å². The van der Waals surface area contributed by atoms with Crippen molar-refractivity contribution in [3.63, 3.8) is 0 Å². The summed E-state index contributed by atoms with van der Waals surface area (Å²) >= 11 is 0. The maximum Gasteiger partial charge on any atom is 0.255 e. The smallest absolute Gasteiger partial charge is 0.255 e. The van der Waals surface area contributed by atoms with Crippen LogP contribution in [0.4, 0.5) is 5.95 Å². The molecule has 8 heteroatoms. The Morgan fingerprint density at radius 3 is 2.93 bits per heavy atom. The molecule has 1 saturated heterocycles. The maximum absolute atomic E-state index is 12.5. The normalized spacial score (nSPS) is 16.6. The van der Waals surface area contributed by atoms with Crippen molar-refractivity contribution in [2.45, 2.75) is 6.10 Å². The summed E-state index contributed by atoms with van der Waals surface area (Å²) in [6.45, 7) is 1.64. The van der Waals surface area contributed by atoms with Crippen molar-refractivity contribution in [1.82, 2.24) is 19.5 Å². The first kappa shape index (κ1) is 17.8. The lowest BCUT2D eigenvalue weighted by Crippen LogP contribution is -2.41. The standard InChI is InChI=1S/C20H18N6O2/c1-25-19(27)10-17(16-5-6-22-13-23-16)24-20(25)26-7-8-28-18(12-26)15-4-2-3-14(9-15)11-21/h2-6,9-10,13,18H,7-8,12H2,1H3/t18-/m1/s1. The van der Waals surface area contributed by atoms with Crippen molar-refractivity contribution in [3.8, 4) is 17.5 Å². The summed E-state index contributed by atoms with van der Waals surface area (Å²) < 4.78 is 7.44. The van der Waals surface area contributed by atoms with Crippen LogP contribution in [0.5, 0.6) is 0 Å². The average molecular weight is 374 g/mol. The van der Waals surface area contributed by atoms with Crippen LogP contribution < -0.4 is 10.5 Å². The van der Waals surface area contributed by atoms with Crippen molar-refractivity contribution >= 4 is 5.95 Å². The SMILES string of the molecule is Cn1c(N2CCO[C@@H](c3cccc(C#N)c3)C2)nc(-c2ccncn2)cc1=O. The Hall–Kier alpha value is -3.57. The van der Waals surface area contributed by atoms with Gasteiger partial charge in [0.25, 0.3) is 5.56 Å². The third kappa shape index (κ3) is 3.48. The molecule has 0 radical (unpaired) electrons. The summed E-state index contributed by atoms with van der Waals surface area (Å²) in [7, 11) is 1.70. The van der Waals surface area contributed by atoms with Crippen LogP contribution in [0.3, 0.4) is 0 Å². The van der Waals surface area contributed by atoms with E-state index in [1.54, 1.807) is 25.4 Å². The zero-order valence-electron chi connectivity index (χ0n) is 15.3. The molecule has 0 amide bonds. The van der Waals surface area contributed by atoms with Gasteiger partial charge < -0.3 is 9.64 Å². The molecule has 0 spiro atoms. The van der Waals surface area contributed by atoms with E-state index in [1.165, 1.54) is 17.0 Å². The fourth-order valence-corrected chi connectivity index (χ4v) is 3.22. The molecule has 3 heterocycles. The average Bonchev–Trinajstić information content (AvgIpc) is 2.76. The highest BCUT2D eigenvalue weighted by atomic mass is 16.5. The monoisotopic (exact) mass is 374 g/mol. The van der Waals surface area contributed by atoms with Gasteiger partial charge in [-0.15, -0.1) is 0 Å². The summed E-state index contributed by atoms with van der Waals surface area (Å²) in [5, 5.41) is 9.14. The molecular formula is C20H18N6O2. The van der Waals surface area contributed by atoms with Gasteiger partial charge in [-0.3, -0.25) is 9.36 Å². The lowest BCUT2D eigenvalue weighted by Gasteiger charge is -2.34. The summed E-state index contributed by atoms with van der Waals surface area (Å²) in [5.41, 5.74) is 2.47. The number of ether oxygens (including phenoxy) is 1. The molecule has 0 N–H and O–H groups in total. The summed E-state index contributed by atoms with van der Waals surface area (Å²) in [4.78, 5) is 27.3. The van der Waals surface area contributed by atoms with Gasteiger partial charge in [0.15, 0.2) is 0 Å². The molecule has 0 saturated carbocycles. The second-order valence-corrected chi connectivity index (χ2v) is 6.48. The van der Waals surface area contributed by atoms with Crippen LogP contribution in [0.15, 0.2) is 53.7 Å². The zero-order valence-corrected chi connectivity index (χ0v) is 15.3. The van der Waals surface area contributed by atoms with Crippen LogP contribution in [0.25, 0.3) is 11.4 Å². The number of nitrogens with zero attached hydrogens (tertiary/aromatic N) is 6. The molecule has 2 aromatic heterocycles. The minimum Gasteiger partial charge on any atom is -0.370 e. The molecule has 0 bridgehead atoms. The first-order chi connectivity index (χ1) is 13.7. The molecule has 1 atom stereocenters. The van der Waals surface area contributed by atoms with Gasteiger partial charge in [0.05, 0.1) is 36.2 Å². The highest BCUT2D eigenvalue weighted by Gasteiger charge is 2.25. The van der Waals surface area contributed by atoms with E-state index in [2.05, 4.69) is 21.0 Å². The molecule has 8 nitrogen and oxygen atoms in total. The topological polar surface area (TPSA) is 96.9 Å². The Kier molecular flexibility index (Phi) is 4.83. The number of nitriles is 1. The van der Waals surface area contributed by atoms with Crippen molar-refractivity contribution in [1.29, 1.82) is 5.26 Å². The molecule has 0 aliphatic carbocycles. The first-order valence-electron chi connectivity index (χ1n) is 8.87. The lowest BCUT2D eigenvalue weighted by atomic mass is 10.1. The molecule has 1 aromatic carbocycles. The van der Waals surface area contributed by atoms with E-state index >= 15 is 0 Å². The summed E-state index contributed by atoms with van der Waals surface area (Å²) in [6.07, 6.45) is 2.84. The number of hydrogen-bond donors (Lipinski definition) is 0. The third-order valence-electron chi connectivity index (χ3n) is 4.69. The van der Waals surface area contributed by atoms with E-state index in [0.29, 0.717) is 42.6 Å². The third-order valence-corrected chi connectivity index (χ3v) is 4.69. The zero-order chi connectivity index (χ0) is 19.5. The molecule has 1 aliphatic rings. The highest BCUT2D eigenvalue weighted by Crippen LogP contribution is 2.26. The number of benzene rings is 1. The molecule has 1 aliphatic heterocycles. The summed E-state index contributed by atoms with van der Waals surface area (Å²) in [5.74, 6) is 0.561. The van der Waals surface area contributed by atoms with Crippen LogP contribution in [0, 0.1) is 11.3 Å². The Morgan fingerprint density at radius 2 is 2.14 bits per heavy atom. The number of anilines is 1. The first-order valence-corrected chi connectivity index (χ1v) is 8.87. The van der Waals surface area contributed by atoms with Crippen molar-refractivity contribution in [3.05, 3.63) is 70.4 Å². The molecule has 4 rings (SSSR count). The van der Waals surface area contributed by atoms with Crippen molar-refractivity contribution in [2.75, 3.05) is 24.6 Å². The Balaban J connectivity index is 1.67. The fraction of sp³-hybridized carbons (Fsp3) is 0.250. The number of hydrogen-bond acceptors (Lipinski definition) is 7. The molecule has 3 aromatic rings. The van der Waals surface area contributed by atoms with Crippen LogP contribution >= 0.6 is 0 Å². The minimum atomic E-state index is -0.207. The molecule has 140 valence electrons. The highest BCUT2D eigenvalue weighted by molar-refractivity contribution is 5.55. The van der Waals surface area contributed by atoms with Crippen LogP contribution in [0.2, 0.25) is 0 Å². The molecule has 1 fully saturated rings. The minimum absolute atomic E-state index is 0.159. The Morgan fingerprint density at radius 1 is 1.25 bits per heavy atom. The van der Waals surface area contributed by atoms with Gasteiger partial charge in [-0.05, 0) is 23.8 Å². The number of morpholine rings is 1. The Bertz CT molecular complexity index is 1090. The van der Waals surface area contributed by atoms with Gasteiger partial charge in [0.1, 0.15) is 12.4 Å². The van der Waals surface area contributed by atoms with Crippen LogP contribution in [-0.4, -0.2) is 39.2 Å². The van der Waals surface area contributed by atoms with E-state index < -0.39 is 0 Å². The predicted molar refractivity (Wildman–Crippen MR) is 103 cm³/mol. The quantitative estimate of drug-likeness (QED) is 0.688. The van der Waals surface area contributed by atoms with Crippen LogP contribution in [-0.2, 0) is 11.8 Å². The molecule has 0 unspecified atom stereocenters. The number of rotatable bonds is 3. The van der Waals surface area contributed by atoms with E-state index in [0.717, 1.165) is 5.56 Å². The maximum atomic E-state index is 12.5. The van der Waals surface area contributed by atoms with Gasteiger partial charge in [0, 0.05) is 25.9 Å². The lowest BCUT2D eigenvalue weighted by molar-refractivity contribution is 0.0389. The van der Waals surface area contributed by atoms with E-state index in [-0.39, 0.29) is 11.7 Å². The van der Waals surface area contributed by atoms with Gasteiger partial charge in [-0.2, -0.15) is 5.26 Å². The van der Waals surface area contributed by atoms with Gasteiger partial charge in [-0.1, -0.05) is 12.1 Å². The van der Waals surface area contributed by atoms with Gasteiger partial charge >= 0.3 is 0 Å².